The molecular formula is C11H21NO3S. The van der Waals surface area contributed by atoms with Crippen molar-refractivity contribution in [1.82, 2.24) is 0 Å². The first kappa shape index (κ1) is 12.3. The van der Waals surface area contributed by atoms with Gasteiger partial charge < -0.3 is 10.5 Å². The molecule has 2 rings (SSSR count). The summed E-state index contributed by atoms with van der Waals surface area (Å²) in [5.41, 5.74) is 5.54. The second kappa shape index (κ2) is 4.27. The molecule has 0 amide bonds. The van der Waals surface area contributed by atoms with Crippen molar-refractivity contribution in [1.29, 1.82) is 0 Å². The molecule has 2 N–H and O–H groups in total. The van der Waals surface area contributed by atoms with Gasteiger partial charge in [0, 0.05) is 6.61 Å². The summed E-state index contributed by atoms with van der Waals surface area (Å²) >= 11 is 0. The Balaban J connectivity index is 2.03. The van der Waals surface area contributed by atoms with Crippen molar-refractivity contribution in [2.75, 3.05) is 18.9 Å². The molecule has 0 radical (unpaired) electrons. The third-order valence-corrected chi connectivity index (χ3v) is 6.46. The van der Waals surface area contributed by atoms with Crippen LogP contribution in [0.4, 0.5) is 0 Å². The second-order valence-electron chi connectivity index (χ2n) is 5.25. The van der Waals surface area contributed by atoms with Gasteiger partial charge in [-0.2, -0.15) is 0 Å². The molecule has 0 aromatic heterocycles. The number of sulfone groups is 1. The smallest absolute Gasteiger partial charge is 0.156 e. The van der Waals surface area contributed by atoms with Crippen LogP contribution in [0.5, 0.6) is 0 Å². The number of rotatable bonds is 5. The van der Waals surface area contributed by atoms with E-state index < -0.39 is 9.84 Å². The molecule has 2 atom stereocenters. The Bertz CT molecular complexity index is 348. The Hall–Kier alpha value is -0.130. The average Bonchev–Trinajstić information content (AvgIpc) is 2.76. The number of hydrogen-bond donors (Lipinski definition) is 1. The molecule has 5 heteroatoms. The van der Waals surface area contributed by atoms with Crippen LogP contribution in [0.15, 0.2) is 0 Å². The fourth-order valence-electron chi connectivity index (χ4n) is 2.67. The molecule has 0 aromatic rings. The molecular weight excluding hydrogens is 226 g/mol. The van der Waals surface area contributed by atoms with Crippen LogP contribution in [-0.4, -0.2) is 38.7 Å². The van der Waals surface area contributed by atoms with E-state index in [1.165, 1.54) is 0 Å². The van der Waals surface area contributed by atoms with E-state index in [4.69, 9.17) is 10.5 Å². The minimum atomic E-state index is -3.01. The topological polar surface area (TPSA) is 69.4 Å². The monoisotopic (exact) mass is 247 g/mol. The zero-order valence-electron chi connectivity index (χ0n) is 9.81. The first-order chi connectivity index (χ1) is 7.49. The van der Waals surface area contributed by atoms with E-state index >= 15 is 0 Å². The highest BCUT2D eigenvalue weighted by molar-refractivity contribution is 7.92. The molecule has 4 nitrogen and oxygen atoms in total. The number of ether oxygens (including phenoxy) is 1. The van der Waals surface area contributed by atoms with E-state index in [-0.39, 0.29) is 16.8 Å². The summed E-state index contributed by atoms with van der Waals surface area (Å²) in [5.74, 6) is 0.315. The van der Waals surface area contributed by atoms with Crippen LogP contribution in [0, 0.1) is 5.41 Å². The maximum absolute atomic E-state index is 12.3. The highest BCUT2D eigenvalue weighted by Gasteiger charge is 2.48. The quantitative estimate of drug-likeness (QED) is 0.776. The first-order valence-corrected chi connectivity index (χ1v) is 7.74. The van der Waals surface area contributed by atoms with E-state index in [1.807, 2.05) is 6.92 Å². The average molecular weight is 247 g/mol. The van der Waals surface area contributed by atoms with Gasteiger partial charge in [0.2, 0.25) is 0 Å². The zero-order valence-corrected chi connectivity index (χ0v) is 10.6. The molecule has 0 bridgehead atoms. The summed E-state index contributed by atoms with van der Waals surface area (Å²) < 4.78 is 29.8. The predicted octanol–water partition coefficient (Wildman–Crippen LogP) is 0.708. The van der Waals surface area contributed by atoms with Crippen LogP contribution in [-0.2, 0) is 14.6 Å². The van der Waals surface area contributed by atoms with Crippen LogP contribution >= 0.6 is 0 Å². The maximum Gasteiger partial charge on any atom is 0.156 e. The van der Waals surface area contributed by atoms with Gasteiger partial charge in [-0.15, -0.1) is 0 Å². The van der Waals surface area contributed by atoms with Crippen LogP contribution in [0.1, 0.15) is 32.6 Å². The van der Waals surface area contributed by atoms with Crippen molar-refractivity contribution in [3.8, 4) is 0 Å². The van der Waals surface area contributed by atoms with Gasteiger partial charge in [0.1, 0.15) is 0 Å². The van der Waals surface area contributed by atoms with Crippen molar-refractivity contribution < 1.29 is 13.2 Å². The van der Waals surface area contributed by atoms with Gasteiger partial charge in [0.15, 0.2) is 9.84 Å². The van der Waals surface area contributed by atoms with Crippen molar-refractivity contribution in [3.63, 3.8) is 0 Å². The number of hydrogen-bond acceptors (Lipinski definition) is 4. The molecule has 1 saturated carbocycles. The Morgan fingerprint density at radius 1 is 1.44 bits per heavy atom. The molecule has 2 aliphatic rings. The lowest BCUT2D eigenvalue weighted by Crippen LogP contribution is -2.33. The molecule has 0 spiro atoms. The third kappa shape index (κ3) is 2.41. The fourth-order valence-corrected chi connectivity index (χ4v) is 5.29. The van der Waals surface area contributed by atoms with Crippen molar-refractivity contribution in [2.24, 2.45) is 11.1 Å². The van der Waals surface area contributed by atoms with Gasteiger partial charge in [0.05, 0.1) is 17.1 Å². The maximum atomic E-state index is 12.3. The Morgan fingerprint density at radius 2 is 2.12 bits per heavy atom. The fraction of sp³-hybridized carbons (Fsp3) is 1.00. The van der Waals surface area contributed by atoms with Crippen molar-refractivity contribution >= 4 is 9.84 Å². The standard InChI is InChI=1S/C11H21NO3S/c1-9-10(2-7-15-9)16(13,14)8-11(3-4-11)5-6-12/h9-10H,2-8,12H2,1H3. The Kier molecular flexibility index (Phi) is 3.29. The van der Waals surface area contributed by atoms with E-state index in [2.05, 4.69) is 0 Å². The van der Waals surface area contributed by atoms with E-state index in [1.54, 1.807) is 0 Å². The summed E-state index contributed by atoms with van der Waals surface area (Å²) in [6, 6.07) is 0. The minimum Gasteiger partial charge on any atom is -0.377 e. The van der Waals surface area contributed by atoms with Crippen LogP contribution in [0.25, 0.3) is 0 Å². The summed E-state index contributed by atoms with van der Waals surface area (Å²) in [6.07, 6.45) is 3.39. The lowest BCUT2D eigenvalue weighted by molar-refractivity contribution is 0.126. The Morgan fingerprint density at radius 3 is 2.56 bits per heavy atom. The van der Waals surface area contributed by atoms with Gasteiger partial charge in [-0.25, -0.2) is 8.42 Å². The molecule has 2 unspecified atom stereocenters. The lowest BCUT2D eigenvalue weighted by atomic mass is 10.1. The summed E-state index contributed by atoms with van der Waals surface area (Å²) in [4.78, 5) is 0. The summed E-state index contributed by atoms with van der Waals surface area (Å²) in [7, 11) is -3.01. The number of nitrogens with two attached hydrogens (primary N) is 1. The van der Waals surface area contributed by atoms with Crippen LogP contribution in [0.3, 0.4) is 0 Å². The molecule has 1 heterocycles. The van der Waals surface area contributed by atoms with Crippen LogP contribution in [0.2, 0.25) is 0 Å². The second-order valence-corrected chi connectivity index (χ2v) is 7.47. The summed E-state index contributed by atoms with van der Waals surface area (Å²) in [5, 5.41) is -0.289. The molecule has 1 saturated heterocycles. The first-order valence-electron chi connectivity index (χ1n) is 6.02. The van der Waals surface area contributed by atoms with Crippen LogP contribution < -0.4 is 5.73 Å². The van der Waals surface area contributed by atoms with Crippen molar-refractivity contribution in [2.45, 2.75) is 44.0 Å². The molecule has 1 aliphatic carbocycles. The highest BCUT2D eigenvalue weighted by atomic mass is 32.2. The Labute approximate surface area is 97.5 Å². The zero-order chi connectivity index (χ0) is 11.8. The van der Waals surface area contributed by atoms with E-state index in [0.29, 0.717) is 25.3 Å². The molecule has 1 aliphatic heterocycles. The lowest BCUT2D eigenvalue weighted by Gasteiger charge is -2.19. The highest BCUT2D eigenvalue weighted by Crippen LogP contribution is 2.50. The molecule has 2 fully saturated rings. The SMILES string of the molecule is CC1OCCC1S(=O)(=O)CC1(CCN)CC1. The largest absolute Gasteiger partial charge is 0.377 e. The normalized spacial score (nSPS) is 32.9. The van der Waals surface area contributed by atoms with Gasteiger partial charge in [0.25, 0.3) is 0 Å². The molecule has 0 aromatic carbocycles. The third-order valence-electron chi connectivity index (χ3n) is 3.91. The predicted molar refractivity (Wildman–Crippen MR) is 62.9 cm³/mol. The molecule has 16 heavy (non-hydrogen) atoms. The van der Waals surface area contributed by atoms with E-state index in [9.17, 15) is 8.42 Å². The van der Waals surface area contributed by atoms with Gasteiger partial charge in [-0.1, -0.05) is 0 Å². The summed E-state index contributed by atoms with van der Waals surface area (Å²) in [6.45, 7) is 3.03. The van der Waals surface area contributed by atoms with Gasteiger partial charge in [-0.3, -0.25) is 0 Å². The molecule has 94 valence electrons. The van der Waals surface area contributed by atoms with Gasteiger partial charge >= 0.3 is 0 Å². The van der Waals surface area contributed by atoms with Gasteiger partial charge in [-0.05, 0) is 44.6 Å². The van der Waals surface area contributed by atoms with E-state index in [0.717, 1.165) is 19.3 Å². The van der Waals surface area contributed by atoms with Crippen molar-refractivity contribution in [3.05, 3.63) is 0 Å². The minimum absolute atomic E-state index is 0.00981.